The molecule has 9 nitrogen and oxygen atoms in total. The van der Waals surface area contributed by atoms with Gasteiger partial charge in [0, 0.05) is 52.1 Å². The van der Waals surface area contributed by atoms with Crippen molar-refractivity contribution in [2.75, 3.05) is 0 Å². The average Bonchev–Trinajstić information content (AvgIpc) is 3.52. The first kappa shape index (κ1) is 37.6. The van der Waals surface area contributed by atoms with Crippen molar-refractivity contribution < 1.29 is 32.2 Å². The molecule has 0 fully saturated rings. The highest BCUT2D eigenvalue weighted by molar-refractivity contribution is 6.74. The number of nitrogens with zero attached hydrogens (tertiary/aromatic N) is 5. The maximum Gasteiger partial charge on any atom is 0.408 e. The molecule has 0 radical (unpaired) electrons. The van der Waals surface area contributed by atoms with E-state index in [0.29, 0.717) is 29.1 Å². The predicted molar refractivity (Wildman–Crippen MR) is 190 cm³/mol. The molecule has 2 aromatic heterocycles. The number of aromatic nitrogens is 4. The minimum Gasteiger partial charge on any atom is -0.465 e. The van der Waals surface area contributed by atoms with Crippen molar-refractivity contribution in [2.24, 2.45) is 0 Å². The fraction of sp³-hybridized carbons (Fsp3) is 0.500. The highest BCUT2D eigenvalue weighted by Crippen LogP contribution is 2.50. The fourth-order valence-corrected chi connectivity index (χ4v) is 8.43. The second kappa shape index (κ2) is 13.1. The first-order valence-corrected chi connectivity index (χ1v) is 19.9. The van der Waals surface area contributed by atoms with Crippen LogP contribution in [0.15, 0.2) is 42.7 Å². The largest absolute Gasteiger partial charge is 0.465 e. The van der Waals surface area contributed by atoms with Crippen LogP contribution in [-0.4, -0.2) is 56.1 Å². The van der Waals surface area contributed by atoms with Crippen LogP contribution < -0.4 is 4.74 Å². The summed E-state index contributed by atoms with van der Waals surface area (Å²) in [5.41, 5.74) is -0.0701. The summed E-state index contributed by atoms with van der Waals surface area (Å²) >= 11 is 6.67. The van der Waals surface area contributed by atoms with Gasteiger partial charge in [0.05, 0.1) is 23.1 Å². The van der Waals surface area contributed by atoms with Gasteiger partial charge >= 0.3 is 12.7 Å². The summed E-state index contributed by atoms with van der Waals surface area (Å²) < 4.78 is 56.5. The van der Waals surface area contributed by atoms with Crippen LogP contribution in [0.2, 0.25) is 23.2 Å². The zero-order valence-electron chi connectivity index (χ0n) is 30.1. The summed E-state index contributed by atoms with van der Waals surface area (Å²) in [5.74, 6) is 0.0907. The molecule has 0 saturated heterocycles. The van der Waals surface area contributed by atoms with Crippen LogP contribution >= 0.6 is 11.6 Å². The number of alkyl halides is 2. The van der Waals surface area contributed by atoms with E-state index in [0.717, 1.165) is 0 Å². The first-order valence-electron chi connectivity index (χ1n) is 16.6. The topological polar surface area (TPSA) is 103 Å². The van der Waals surface area contributed by atoms with Crippen LogP contribution in [0, 0.1) is 5.82 Å². The molecule has 1 unspecified atom stereocenters. The summed E-state index contributed by atoms with van der Waals surface area (Å²) in [4.78, 5) is 28.0. The van der Waals surface area contributed by atoms with Crippen LogP contribution in [0.25, 0.3) is 22.2 Å². The second-order valence-corrected chi connectivity index (χ2v) is 20.7. The molecule has 3 atom stereocenters. The minimum absolute atomic E-state index is 0.0328. The molecule has 3 heterocycles. The lowest BCUT2D eigenvalue weighted by atomic mass is 9.97. The number of hydrogen-bond donors (Lipinski definition) is 1. The third kappa shape index (κ3) is 6.83. The van der Waals surface area contributed by atoms with E-state index in [9.17, 15) is 18.7 Å². The van der Waals surface area contributed by atoms with Crippen molar-refractivity contribution in [3.8, 4) is 16.9 Å². The molecule has 14 heteroatoms. The Labute approximate surface area is 296 Å². The number of rotatable bonds is 9. The first-order chi connectivity index (χ1) is 23.1. The number of amides is 1. The van der Waals surface area contributed by atoms with Crippen LogP contribution in [0.3, 0.4) is 0 Å². The Morgan fingerprint density at radius 2 is 1.76 bits per heavy atom. The highest BCUT2D eigenvalue weighted by Gasteiger charge is 2.46. The Bertz CT molecular complexity index is 1910. The van der Waals surface area contributed by atoms with E-state index in [4.69, 9.17) is 25.7 Å². The van der Waals surface area contributed by atoms with Gasteiger partial charge in [-0.2, -0.15) is 8.78 Å². The quantitative estimate of drug-likeness (QED) is 0.171. The Balaban J connectivity index is 1.67. The third-order valence-electron chi connectivity index (χ3n) is 10.1. The van der Waals surface area contributed by atoms with Crippen molar-refractivity contribution >= 4 is 37.0 Å². The van der Waals surface area contributed by atoms with Gasteiger partial charge in [-0.1, -0.05) is 45.4 Å². The van der Waals surface area contributed by atoms with Gasteiger partial charge in [0.25, 0.3) is 0 Å². The monoisotopic (exact) mass is 731 g/mol. The number of hydrogen-bond acceptors (Lipinski definition) is 6. The summed E-state index contributed by atoms with van der Waals surface area (Å²) in [6.07, 6.45) is 2.69. The lowest BCUT2D eigenvalue weighted by Crippen LogP contribution is -2.47. The minimum atomic E-state index is -3.13. The molecule has 50 heavy (non-hydrogen) atoms. The molecule has 2 aromatic carbocycles. The van der Waals surface area contributed by atoms with E-state index in [1.165, 1.54) is 23.1 Å². The average molecular weight is 732 g/mol. The number of benzene rings is 2. The molecule has 1 amide bonds. The van der Waals surface area contributed by atoms with Crippen LogP contribution in [-0.2, 0) is 10.0 Å². The number of imidazole rings is 1. The molecule has 0 saturated carbocycles. The van der Waals surface area contributed by atoms with E-state index in [-0.39, 0.29) is 38.9 Å². The fourth-order valence-electron chi connectivity index (χ4n) is 6.47. The third-order valence-corrected chi connectivity index (χ3v) is 15.0. The van der Waals surface area contributed by atoms with Gasteiger partial charge in [0.1, 0.15) is 23.0 Å². The van der Waals surface area contributed by atoms with Gasteiger partial charge in [-0.25, -0.2) is 24.1 Å². The highest BCUT2D eigenvalue weighted by atomic mass is 35.5. The molecule has 5 rings (SSSR count). The molecule has 4 aromatic rings. The standard InChI is InChI=1S/C36H45ClF3N5O4Si/c1-11-36(8,49-50(9,10)35(5,6)7)31-41-18-20(19-42-31)21-15-25-24(16-23(21)38)43-30-27(45(33(46)47)34(2,3)4)17-26(44(25)30)29-22(37)13-12-14-28(29)48-32(39)40/h12-16,18-19,26-27,32H,11,17H2,1-10H3,(H,46,47)/t26-,27-,36?/m1/s1. The van der Waals surface area contributed by atoms with Crippen molar-refractivity contribution in [3.63, 3.8) is 0 Å². The van der Waals surface area contributed by atoms with Gasteiger partial charge in [-0.15, -0.1) is 0 Å². The zero-order chi connectivity index (χ0) is 37.1. The van der Waals surface area contributed by atoms with Gasteiger partial charge < -0.3 is 18.8 Å². The Morgan fingerprint density at radius 3 is 2.30 bits per heavy atom. The smallest absolute Gasteiger partial charge is 0.408 e. The van der Waals surface area contributed by atoms with E-state index in [2.05, 4.69) is 43.8 Å². The Morgan fingerprint density at radius 1 is 1.12 bits per heavy atom. The van der Waals surface area contributed by atoms with Crippen LogP contribution in [0.4, 0.5) is 18.0 Å². The van der Waals surface area contributed by atoms with E-state index in [1.54, 1.807) is 49.9 Å². The van der Waals surface area contributed by atoms with E-state index >= 15 is 4.39 Å². The Hall–Kier alpha value is -3.68. The molecule has 0 aliphatic carbocycles. The van der Waals surface area contributed by atoms with Crippen molar-refractivity contribution in [1.82, 2.24) is 24.4 Å². The van der Waals surface area contributed by atoms with Gasteiger partial charge in [-0.3, -0.25) is 4.90 Å². The number of carbonyl (C=O) groups is 1. The SMILES string of the molecule is CCC(C)(O[Si](C)(C)C(C)(C)C)c1ncc(-c2cc3c(cc2F)nc2n3[C@@H](c3c(Cl)cccc3OC(F)F)C[C@H]2N(C(=O)O)C(C)(C)C)cn1. The lowest BCUT2D eigenvalue weighted by molar-refractivity contribution is -0.0507. The normalized spacial score (nSPS) is 18.0. The van der Waals surface area contributed by atoms with Crippen molar-refractivity contribution in [3.05, 3.63) is 70.8 Å². The summed E-state index contributed by atoms with van der Waals surface area (Å²) in [6, 6.07) is 5.74. The lowest BCUT2D eigenvalue weighted by Gasteiger charge is -2.43. The van der Waals surface area contributed by atoms with Gasteiger partial charge in [-0.05, 0) is 70.4 Å². The number of fused-ring (bicyclic) bond motifs is 3. The number of carboxylic acid groups (broad SMARTS) is 1. The molecule has 270 valence electrons. The van der Waals surface area contributed by atoms with Crippen LogP contribution in [0.5, 0.6) is 5.75 Å². The maximum absolute atomic E-state index is 15.9. The Kier molecular flexibility index (Phi) is 9.87. The van der Waals surface area contributed by atoms with Crippen molar-refractivity contribution in [1.29, 1.82) is 0 Å². The molecule has 1 N–H and O–H groups in total. The molecule has 1 aliphatic heterocycles. The second-order valence-electron chi connectivity index (χ2n) is 15.5. The van der Waals surface area contributed by atoms with Gasteiger partial charge in [0.2, 0.25) is 0 Å². The van der Waals surface area contributed by atoms with E-state index in [1.807, 2.05) is 13.8 Å². The molecule has 0 bridgehead atoms. The molecule has 0 spiro atoms. The van der Waals surface area contributed by atoms with E-state index < -0.39 is 50.1 Å². The summed E-state index contributed by atoms with van der Waals surface area (Å²) in [7, 11) is -2.20. The molecular formula is C36H45ClF3N5O4Si. The van der Waals surface area contributed by atoms with Crippen LogP contribution in [0.1, 0.15) is 97.5 Å². The summed E-state index contributed by atoms with van der Waals surface area (Å²) in [6.45, 7) is 17.0. The zero-order valence-corrected chi connectivity index (χ0v) is 31.9. The number of halogens is 4. The molecular weight excluding hydrogens is 687 g/mol. The predicted octanol–water partition coefficient (Wildman–Crippen LogP) is 10.3. The molecule has 1 aliphatic rings. The van der Waals surface area contributed by atoms with Crippen molar-refractivity contribution in [2.45, 2.75) is 116 Å². The number of ether oxygens (including phenoxy) is 1. The summed E-state index contributed by atoms with van der Waals surface area (Å²) in [5, 5.41) is 10.5. The van der Waals surface area contributed by atoms with Gasteiger partial charge in [0.15, 0.2) is 14.1 Å². The maximum atomic E-state index is 15.9.